The third kappa shape index (κ3) is 3.83. The van der Waals surface area contributed by atoms with Gasteiger partial charge in [0, 0.05) is 11.6 Å². The van der Waals surface area contributed by atoms with Crippen LogP contribution in [0.3, 0.4) is 0 Å². The summed E-state index contributed by atoms with van der Waals surface area (Å²) in [6, 6.07) is 17.3. The van der Waals surface area contributed by atoms with Crippen molar-refractivity contribution < 1.29 is 9.53 Å². The molecule has 0 saturated heterocycles. The molecule has 0 aromatic heterocycles. The first-order valence-electron chi connectivity index (χ1n) is 6.50. The number of nitrogens with one attached hydrogen (secondary N) is 1. The molecule has 1 amide bonds. The van der Waals surface area contributed by atoms with Gasteiger partial charge in [0.2, 0.25) is 5.91 Å². The summed E-state index contributed by atoms with van der Waals surface area (Å²) in [7, 11) is 0. The molecule has 0 heterocycles. The maximum absolute atomic E-state index is 10.8. The average Bonchev–Trinajstić information content (AvgIpc) is 2.46. The Hall–Kier alpha value is -2.33. The fourth-order valence-corrected chi connectivity index (χ4v) is 1.91. The van der Waals surface area contributed by atoms with Gasteiger partial charge in [0.05, 0.1) is 6.54 Å². The van der Waals surface area contributed by atoms with Crippen LogP contribution in [0.15, 0.2) is 54.6 Å². The van der Waals surface area contributed by atoms with Gasteiger partial charge in [-0.05, 0) is 25.1 Å². The predicted molar refractivity (Wildman–Crippen MR) is 78.6 cm³/mol. The molecule has 0 spiro atoms. The highest BCUT2D eigenvalue weighted by Gasteiger charge is 2.12. The molecule has 0 aliphatic rings. The number of para-hydroxylation sites is 2. The number of hydrogen-bond donors (Lipinski definition) is 2. The van der Waals surface area contributed by atoms with E-state index in [0.29, 0.717) is 0 Å². The summed E-state index contributed by atoms with van der Waals surface area (Å²) >= 11 is 0. The van der Waals surface area contributed by atoms with Crippen LogP contribution in [0.25, 0.3) is 0 Å². The normalized spacial score (nSPS) is 11.8. The Morgan fingerprint density at radius 3 is 2.50 bits per heavy atom. The summed E-state index contributed by atoms with van der Waals surface area (Å²) < 4.78 is 5.88. The van der Waals surface area contributed by atoms with Crippen molar-refractivity contribution >= 4 is 5.91 Å². The van der Waals surface area contributed by atoms with Gasteiger partial charge in [-0.3, -0.25) is 4.79 Å². The van der Waals surface area contributed by atoms with Gasteiger partial charge in [0.25, 0.3) is 0 Å². The van der Waals surface area contributed by atoms with Crippen molar-refractivity contribution in [3.63, 3.8) is 0 Å². The Morgan fingerprint density at radius 1 is 1.15 bits per heavy atom. The zero-order valence-corrected chi connectivity index (χ0v) is 11.4. The van der Waals surface area contributed by atoms with E-state index < -0.39 is 0 Å². The molecule has 0 unspecified atom stereocenters. The molecule has 20 heavy (non-hydrogen) atoms. The third-order valence-electron chi connectivity index (χ3n) is 2.94. The van der Waals surface area contributed by atoms with Gasteiger partial charge in [-0.25, -0.2) is 0 Å². The molecular formula is C16H18N2O2. The van der Waals surface area contributed by atoms with Gasteiger partial charge in [0.1, 0.15) is 11.5 Å². The Labute approximate surface area is 118 Å². The minimum absolute atomic E-state index is 0.0255. The standard InChI is InChI=1S/C16H18N2O2/c1-12(18-11-16(17)19)14-9-5-6-10-15(14)20-13-7-3-2-4-8-13/h2-10,12,18H,11H2,1H3,(H2,17,19)/t12-/m0/s1. The number of rotatable bonds is 6. The largest absolute Gasteiger partial charge is 0.457 e. The molecule has 104 valence electrons. The number of primary amides is 1. The fraction of sp³-hybridized carbons (Fsp3) is 0.188. The van der Waals surface area contributed by atoms with Gasteiger partial charge in [0.15, 0.2) is 0 Å². The minimum atomic E-state index is -0.377. The van der Waals surface area contributed by atoms with Crippen molar-refractivity contribution in [2.45, 2.75) is 13.0 Å². The summed E-state index contributed by atoms with van der Waals surface area (Å²) in [6.45, 7) is 2.11. The van der Waals surface area contributed by atoms with Gasteiger partial charge in [-0.2, -0.15) is 0 Å². The third-order valence-corrected chi connectivity index (χ3v) is 2.94. The predicted octanol–water partition coefficient (Wildman–Crippen LogP) is 2.61. The number of amides is 1. The minimum Gasteiger partial charge on any atom is -0.457 e. The lowest BCUT2D eigenvalue weighted by atomic mass is 10.1. The zero-order chi connectivity index (χ0) is 14.4. The van der Waals surface area contributed by atoms with Crippen molar-refractivity contribution in [2.24, 2.45) is 5.73 Å². The quantitative estimate of drug-likeness (QED) is 0.848. The Kier molecular flexibility index (Phi) is 4.74. The van der Waals surface area contributed by atoms with Crippen LogP contribution < -0.4 is 15.8 Å². The SMILES string of the molecule is C[C@H](NCC(N)=O)c1ccccc1Oc1ccccc1. The molecule has 0 aliphatic carbocycles. The van der Waals surface area contributed by atoms with Crippen LogP contribution in [-0.2, 0) is 4.79 Å². The second-order valence-corrected chi connectivity index (χ2v) is 4.52. The molecule has 0 aliphatic heterocycles. The molecular weight excluding hydrogens is 252 g/mol. The molecule has 2 rings (SSSR count). The van der Waals surface area contributed by atoms with E-state index >= 15 is 0 Å². The molecule has 2 aromatic carbocycles. The van der Waals surface area contributed by atoms with E-state index in [9.17, 15) is 4.79 Å². The lowest BCUT2D eigenvalue weighted by Gasteiger charge is -2.17. The molecule has 0 bridgehead atoms. The van der Waals surface area contributed by atoms with Crippen molar-refractivity contribution in [2.75, 3.05) is 6.54 Å². The lowest BCUT2D eigenvalue weighted by Crippen LogP contribution is -2.30. The Balaban J connectivity index is 2.15. The van der Waals surface area contributed by atoms with Gasteiger partial charge in [-0.1, -0.05) is 36.4 Å². The number of nitrogens with two attached hydrogens (primary N) is 1. The second-order valence-electron chi connectivity index (χ2n) is 4.52. The van der Waals surface area contributed by atoms with E-state index in [1.165, 1.54) is 0 Å². The second kappa shape index (κ2) is 6.73. The van der Waals surface area contributed by atoms with Crippen molar-refractivity contribution in [1.29, 1.82) is 0 Å². The number of ether oxygens (including phenoxy) is 1. The van der Waals surface area contributed by atoms with Crippen LogP contribution in [0.1, 0.15) is 18.5 Å². The fourth-order valence-electron chi connectivity index (χ4n) is 1.91. The van der Waals surface area contributed by atoms with Crippen molar-refractivity contribution in [3.8, 4) is 11.5 Å². The van der Waals surface area contributed by atoms with Crippen LogP contribution in [0.2, 0.25) is 0 Å². The highest BCUT2D eigenvalue weighted by Crippen LogP contribution is 2.29. The number of hydrogen-bond acceptors (Lipinski definition) is 3. The summed E-state index contributed by atoms with van der Waals surface area (Å²) in [5.41, 5.74) is 6.13. The summed E-state index contributed by atoms with van der Waals surface area (Å²) in [4.78, 5) is 10.8. The highest BCUT2D eigenvalue weighted by molar-refractivity contribution is 5.75. The number of carbonyl (C=O) groups is 1. The maximum Gasteiger partial charge on any atom is 0.231 e. The van der Waals surface area contributed by atoms with E-state index in [1.54, 1.807) is 0 Å². The molecule has 4 nitrogen and oxygen atoms in total. The Morgan fingerprint density at radius 2 is 1.80 bits per heavy atom. The zero-order valence-electron chi connectivity index (χ0n) is 11.4. The van der Waals surface area contributed by atoms with Crippen LogP contribution in [0.5, 0.6) is 11.5 Å². The van der Waals surface area contributed by atoms with E-state index in [1.807, 2.05) is 61.5 Å². The van der Waals surface area contributed by atoms with Gasteiger partial charge in [-0.15, -0.1) is 0 Å². The van der Waals surface area contributed by atoms with E-state index in [2.05, 4.69) is 5.32 Å². The van der Waals surface area contributed by atoms with Crippen LogP contribution in [0, 0.1) is 0 Å². The van der Waals surface area contributed by atoms with Crippen LogP contribution >= 0.6 is 0 Å². The molecule has 0 saturated carbocycles. The van der Waals surface area contributed by atoms with E-state index in [4.69, 9.17) is 10.5 Å². The van der Waals surface area contributed by atoms with Gasteiger partial charge < -0.3 is 15.8 Å². The molecule has 0 radical (unpaired) electrons. The van der Waals surface area contributed by atoms with Crippen molar-refractivity contribution in [3.05, 3.63) is 60.2 Å². The molecule has 4 heteroatoms. The first-order valence-corrected chi connectivity index (χ1v) is 6.50. The maximum atomic E-state index is 10.8. The average molecular weight is 270 g/mol. The number of carbonyl (C=O) groups excluding carboxylic acids is 1. The first-order chi connectivity index (χ1) is 9.66. The van der Waals surface area contributed by atoms with Gasteiger partial charge >= 0.3 is 0 Å². The summed E-state index contributed by atoms with van der Waals surface area (Å²) in [5.74, 6) is 1.17. The smallest absolute Gasteiger partial charge is 0.231 e. The van der Waals surface area contributed by atoms with Crippen molar-refractivity contribution in [1.82, 2.24) is 5.32 Å². The van der Waals surface area contributed by atoms with E-state index in [-0.39, 0.29) is 18.5 Å². The summed E-state index contributed by atoms with van der Waals surface area (Å²) in [5, 5.41) is 3.07. The lowest BCUT2D eigenvalue weighted by molar-refractivity contribution is -0.117. The molecule has 3 N–H and O–H groups in total. The number of benzene rings is 2. The Bertz CT molecular complexity index is 570. The highest BCUT2D eigenvalue weighted by atomic mass is 16.5. The first kappa shape index (κ1) is 14.1. The monoisotopic (exact) mass is 270 g/mol. The van der Waals surface area contributed by atoms with Crippen LogP contribution in [0.4, 0.5) is 0 Å². The molecule has 0 fully saturated rings. The topological polar surface area (TPSA) is 64.3 Å². The summed E-state index contributed by atoms with van der Waals surface area (Å²) in [6.07, 6.45) is 0. The van der Waals surface area contributed by atoms with E-state index in [0.717, 1.165) is 17.1 Å². The molecule has 1 atom stereocenters. The van der Waals surface area contributed by atoms with Crippen LogP contribution in [-0.4, -0.2) is 12.5 Å². The molecule has 2 aromatic rings.